The first-order chi connectivity index (χ1) is 12.2. The fourth-order valence-corrected chi connectivity index (χ4v) is 2.56. The zero-order chi connectivity index (χ0) is 17.5. The highest BCUT2D eigenvalue weighted by atomic mass is 16.1. The molecule has 0 aliphatic rings. The van der Waals surface area contributed by atoms with Gasteiger partial charge in [0, 0.05) is 25.0 Å². The van der Waals surface area contributed by atoms with Crippen molar-refractivity contribution in [3.05, 3.63) is 95.3 Å². The molecule has 1 amide bonds. The Morgan fingerprint density at radius 1 is 0.920 bits per heavy atom. The Morgan fingerprint density at radius 2 is 1.72 bits per heavy atom. The molecule has 0 radical (unpaired) electrons. The van der Waals surface area contributed by atoms with E-state index >= 15 is 0 Å². The molecule has 4 nitrogen and oxygen atoms in total. The molecule has 1 heterocycles. The van der Waals surface area contributed by atoms with E-state index in [9.17, 15) is 4.79 Å². The number of aromatic nitrogens is 1. The quantitative estimate of drug-likeness (QED) is 0.719. The Bertz CT molecular complexity index is 847. The van der Waals surface area contributed by atoms with E-state index in [1.807, 2.05) is 42.5 Å². The van der Waals surface area contributed by atoms with Gasteiger partial charge in [-0.05, 0) is 30.2 Å². The molecule has 0 aliphatic heterocycles. The second-order valence-corrected chi connectivity index (χ2v) is 5.94. The Hall–Kier alpha value is -3.14. The van der Waals surface area contributed by atoms with Crippen molar-refractivity contribution in [2.75, 3.05) is 5.32 Å². The Balaban J connectivity index is 1.59. The molecule has 3 aromatic rings. The van der Waals surface area contributed by atoms with E-state index in [1.54, 1.807) is 12.3 Å². The fraction of sp³-hybridized carbons (Fsp3) is 0.143. The molecular formula is C21H21N3O. The van der Waals surface area contributed by atoms with Crippen LogP contribution < -0.4 is 10.6 Å². The highest BCUT2D eigenvalue weighted by molar-refractivity contribution is 5.93. The van der Waals surface area contributed by atoms with Gasteiger partial charge in [-0.1, -0.05) is 60.2 Å². The van der Waals surface area contributed by atoms with Crippen molar-refractivity contribution in [3.8, 4) is 0 Å². The monoisotopic (exact) mass is 331 g/mol. The predicted octanol–water partition coefficient (Wildman–Crippen LogP) is 3.93. The van der Waals surface area contributed by atoms with Gasteiger partial charge in [-0.25, -0.2) is 0 Å². The second-order valence-electron chi connectivity index (χ2n) is 5.94. The van der Waals surface area contributed by atoms with Crippen LogP contribution in [0.1, 0.15) is 27.2 Å². The fourth-order valence-electron chi connectivity index (χ4n) is 2.56. The van der Waals surface area contributed by atoms with Crippen molar-refractivity contribution in [2.24, 2.45) is 0 Å². The average Bonchev–Trinajstić information content (AvgIpc) is 2.65. The lowest BCUT2D eigenvalue weighted by Crippen LogP contribution is -2.23. The maximum absolute atomic E-state index is 12.3. The summed E-state index contributed by atoms with van der Waals surface area (Å²) in [4.78, 5) is 16.5. The summed E-state index contributed by atoms with van der Waals surface area (Å²) in [7, 11) is 0. The topological polar surface area (TPSA) is 54.0 Å². The van der Waals surface area contributed by atoms with Gasteiger partial charge in [0.2, 0.25) is 0 Å². The smallest absolute Gasteiger partial charge is 0.270 e. The van der Waals surface area contributed by atoms with Crippen LogP contribution in [0.2, 0.25) is 0 Å². The SMILES string of the molecule is Cc1cccc(CNc2ccnc(C(=O)NCc3ccccc3)c2)c1. The van der Waals surface area contributed by atoms with Crippen molar-refractivity contribution in [2.45, 2.75) is 20.0 Å². The molecular weight excluding hydrogens is 310 g/mol. The van der Waals surface area contributed by atoms with Gasteiger partial charge in [-0.2, -0.15) is 0 Å². The molecule has 0 aliphatic carbocycles. The first-order valence-electron chi connectivity index (χ1n) is 8.28. The third-order valence-electron chi connectivity index (χ3n) is 3.87. The number of rotatable bonds is 6. The Morgan fingerprint density at radius 3 is 2.52 bits per heavy atom. The van der Waals surface area contributed by atoms with Gasteiger partial charge in [0.1, 0.15) is 5.69 Å². The lowest BCUT2D eigenvalue weighted by atomic mass is 10.1. The van der Waals surface area contributed by atoms with E-state index in [1.165, 1.54) is 11.1 Å². The maximum atomic E-state index is 12.3. The van der Waals surface area contributed by atoms with Crippen LogP contribution in [0, 0.1) is 6.92 Å². The highest BCUT2D eigenvalue weighted by Crippen LogP contribution is 2.11. The van der Waals surface area contributed by atoms with E-state index in [2.05, 4.69) is 40.7 Å². The summed E-state index contributed by atoms with van der Waals surface area (Å²) in [6.45, 7) is 3.27. The molecule has 0 fully saturated rings. The molecule has 0 saturated carbocycles. The first-order valence-corrected chi connectivity index (χ1v) is 8.28. The number of pyridine rings is 1. The van der Waals surface area contributed by atoms with E-state index in [4.69, 9.17) is 0 Å². The molecule has 0 unspecified atom stereocenters. The number of hydrogen-bond donors (Lipinski definition) is 2. The van der Waals surface area contributed by atoms with E-state index in [-0.39, 0.29) is 5.91 Å². The molecule has 126 valence electrons. The zero-order valence-electron chi connectivity index (χ0n) is 14.2. The minimum Gasteiger partial charge on any atom is -0.381 e. The molecule has 2 N–H and O–H groups in total. The van der Waals surface area contributed by atoms with Crippen LogP contribution in [-0.2, 0) is 13.1 Å². The Labute approximate surface area is 147 Å². The van der Waals surface area contributed by atoms with Crippen LogP contribution in [-0.4, -0.2) is 10.9 Å². The molecule has 1 aromatic heterocycles. The number of amides is 1. The second kappa shape index (κ2) is 8.11. The average molecular weight is 331 g/mol. The third-order valence-corrected chi connectivity index (χ3v) is 3.87. The summed E-state index contributed by atoms with van der Waals surface area (Å²) >= 11 is 0. The van der Waals surface area contributed by atoms with Crippen LogP contribution in [0.15, 0.2) is 72.9 Å². The molecule has 0 spiro atoms. The summed E-state index contributed by atoms with van der Waals surface area (Å²) in [6.07, 6.45) is 1.65. The van der Waals surface area contributed by atoms with Gasteiger partial charge in [-0.3, -0.25) is 9.78 Å². The first kappa shape index (κ1) is 16.7. The normalized spacial score (nSPS) is 10.3. The number of carbonyl (C=O) groups is 1. The summed E-state index contributed by atoms with van der Waals surface area (Å²) in [5, 5.41) is 6.23. The molecule has 0 saturated heterocycles. The molecule has 0 bridgehead atoms. The lowest BCUT2D eigenvalue weighted by molar-refractivity contribution is 0.0946. The number of nitrogens with zero attached hydrogens (tertiary/aromatic N) is 1. The van der Waals surface area contributed by atoms with Gasteiger partial charge < -0.3 is 10.6 Å². The van der Waals surface area contributed by atoms with Crippen LogP contribution in [0.3, 0.4) is 0 Å². The number of benzene rings is 2. The minimum atomic E-state index is -0.178. The summed E-state index contributed by atoms with van der Waals surface area (Å²) < 4.78 is 0. The zero-order valence-corrected chi connectivity index (χ0v) is 14.2. The lowest BCUT2D eigenvalue weighted by Gasteiger charge is -2.09. The maximum Gasteiger partial charge on any atom is 0.270 e. The van der Waals surface area contributed by atoms with E-state index in [0.29, 0.717) is 18.8 Å². The summed E-state index contributed by atoms with van der Waals surface area (Å²) in [5.74, 6) is -0.178. The molecule has 2 aromatic carbocycles. The standard InChI is InChI=1S/C21H21N3O/c1-16-6-5-9-18(12-16)15-23-19-10-11-22-20(13-19)21(25)24-14-17-7-3-2-4-8-17/h2-13H,14-15H2,1H3,(H,22,23)(H,24,25). The van der Waals surface area contributed by atoms with Crippen molar-refractivity contribution in [3.63, 3.8) is 0 Å². The number of anilines is 1. The number of hydrogen-bond acceptors (Lipinski definition) is 3. The van der Waals surface area contributed by atoms with Gasteiger partial charge in [0.15, 0.2) is 0 Å². The van der Waals surface area contributed by atoms with Crippen LogP contribution in [0.4, 0.5) is 5.69 Å². The van der Waals surface area contributed by atoms with Crippen molar-refractivity contribution in [1.29, 1.82) is 0 Å². The number of nitrogens with one attached hydrogen (secondary N) is 2. The van der Waals surface area contributed by atoms with Crippen LogP contribution in [0.25, 0.3) is 0 Å². The molecule has 25 heavy (non-hydrogen) atoms. The van der Waals surface area contributed by atoms with Crippen LogP contribution in [0.5, 0.6) is 0 Å². The van der Waals surface area contributed by atoms with E-state index in [0.717, 1.165) is 11.3 Å². The highest BCUT2D eigenvalue weighted by Gasteiger charge is 2.07. The third kappa shape index (κ3) is 4.91. The summed E-state index contributed by atoms with van der Waals surface area (Å²) in [6, 6.07) is 21.8. The molecule has 3 rings (SSSR count). The van der Waals surface area contributed by atoms with Crippen molar-refractivity contribution >= 4 is 11.6 Å². The molecule has 4 heteroatoms. The van der Waals surface area contributed by atoms with Crippen molar-refractivity contribution in [1.82, 2.24) is 10.3 Å². The van der Waals surface area contributed by atoms with E-state index < -0.39 is 0 Å². The summed E-state index contributed by atoms with van der Waals surface area (Å²) in [5.41, 5.74) is 4.78. The number of carbonyl (C=O) groups excluding carboxylic acids is 1. The minimum absolute atomic E-state index is 0.178. The molecule has 0 atom stereocenters. The van der Waals surface area contributed by atoms with Gasteiger partial charge in [0.05, 0.1) is 0 Å². The van der Waals surface area contributed by atoms with Gasteiger partial charge >= 0.3 is 0 Å². The predicted molar refractivity (Wildman–Crippen MR) is 100 cm³/mol. The van der Waals surface area contributed by atoms with Gasteiger partial charge in [0.25, 0.3) is 5.91 Å². The number of aryl methyl sites for hydroxylation is 1. The largest absolute Gasteiger partial charge is 0.381 e. The van der Waals surface area contributed by atoms with Gasteiger partial charge in [-0.15, -0.1) is 0 Å². The van der Waals surface area contributed by atoms with Crippen LogP contribution >= 0.6 is 0 Å². The Kier molecular flexibility index (Phi) is 5.42. The van der Waals surface area contributed by atoms with Crippen molar-refractivity contribution < 1.29 is 4.79 Å².